The molecule has 0 radical (unpaired) electrons. The molecule has 0 saturated heterocycles. The number of nitro groups is 1. The molecule has 0 fully saturated rings. The second kappa shape index (κ2) is 5.58. The zero-order chi connectivity index (χ0) is 15.6. The summed E-state index contributed by atoms with van der Waals surface area (Å²) in [5.74, 6) is 0.372. The Hall–Kier alpha value is -2.96. The van der Waals surface area contributed by atoms with Crippen LogP contribution in [0.3, 0.4) is 0 Å². The molecule has 1 aromatic heterocycles. The SMILES string of the molecule is Cc1cc(C)c(Oc2ccc(C(=N)N)nc2)c([N+](=O)[O-])c1. The number of nitrogen functional groups attached to an aromatic ring is 1. The Morgan fingerprint density at radius 2 is 2.10 bits per heavy atom. The number of pyridine rings is 1. The molecule has 2 rings (SSSR count). The highest BCUT2D eigenvalue weighted by Gasteiger charge is 2.19. The Kier molecular flexibility index (Phi) is 3.84. The van der Waals surface area contributed by atoms with E-state index in [1.165, 1.54) is 18.3 Å². The molecule has 2 aromatic rings. The van der Waals surface area contributed by atoms with E-state index in [4.69, 9.17) is 15.9 Å². The van der Waals surface area contributed by atoms with Gasteiger partial charge in [0.15, 0.2) is 0 Å². The number of nitro benzene ring substituents is 1. The number of ether oxygens (including phenoxy) is 1. The van der Waals surface area contributed by atoms with Gasteiger partial charge >= 0.3 is 5.69 Å². The molecule has 1 aromatic carbocycles. The van der Waals surface area contributed by atoms with E-state index in [1.807, 2.05) is 0 Å². The van der Waals surface area contributed by atoms with Gasteiger partial charge in [0.1, 0.15) is 17.3 Å². The number of nitrogens with zero attached hydrogens (tertiary/aromatic N) is 2. The molecule has 0 spiro atoms. The minimum Gasteiger partial charge on any atom is -0.448 e. The standard InChI is InChI=1S/C14H14N4O3/c1-8-5-9(2)13(12(6-8)18(19)20)21-10-3-4-11(14(15)16)17-7-10/h3-7H,1-2H3,(H3,15,16). The number of hydrogen-bond donors (Lipinski definition) is 2. The summed E-state index contributed by atoms with van der Waals surface area (Å²) in [4.78, 5) is 14.6. The number of amidine groups is 1. The zero-order valence-electron chi connectivity index (χ0n) is 11.6. The van der Waals surface area contributed by atoms with Crippen LogP contribution in [0.15, 0.2) is 30.5 Å². The summed E-state index contributed by atoms with van der Waals surface area (Å²) in [7, 11) is 0. The molecule has 1 heterocycles. The van der Waals surface area contributed by atoms with Crippen molar-refractivity contribution in [1.29, 1.82) is 5.41 Å². The molecule has 0 aliphatic heterocycles. The van der Waals surface area contributed by atoms with Crippen LogP contribution in [0.1, 0.15) is 16.8 Å². The summed E-state index contributed by atoms with van der Waals surface area (Å²) in [5.41, 5.74) is 6.99. The average molecular weight is 286 g/mol. The summed E-state index contributed by atoms with van der Waals surface area (Å²) in [6.45, 7) is 3.53. The molecule has 21 heavy (non-hydrogen) atoms. The van der Waals surface area contributed by atoms with Gasteiger partial charge in [-0.1, -0.05) is 6.07 Å². The van der Waals surface area contributed by atoms with Crippen LogP contribution < -0.4 is 10.5 Å². The largest absolute Gasteiger partial charge is 0.448 e. The Balaban J connectivity index is 2.39. The van der Waals surface area contributed by atoms with Crippen molar-refractivity contribution in [2.45, 2.75) is 13.8 Å². The lowest BCUT2D eigenvalue weighted by atomic mass is 10.1. The monoisotopic (exact) mass is 286 g/mol. The van der Waals surface area contributed by atoms with Gasteiger partial charge in [0.2, 0.25) is 5.75 Å². The highest BCUT2D eigenvalue weighted by Crippen LogP contribution is 2.35. The van der Waals surface area contributed by atoms with Gasteiger partial charge < -0.3 is 10.5 Å². The molecule has 0 unspecified atom stereocenters. The Labute approximate surface area is 121 Å². The first-order valence-corrected chi connectivity index (χ1v) is 6.12. The third-order valence-electron chi connectivity index (χ3n) is 2.83. The first-order valence-electron chi connectivity index (χ1n) is 6.12. The molecule has 0 amide bonds. The highest BCUT2D eigenvalue weighted by atomic mass is 16.6. The van der Waals surface area contributed by atoms with Crippen LogP contribution >= 0.6 is 0 Å². The molecular formula is C14H14N4O3. The Morgan fingerprint density at radius 1 is 1.38 bits per heavy atom. The van der Waals surface area contributed by atoms with Crippen molar-refractivity contribution in [3.05, 3.63) is 57.4 Å². The Bertz CT molecular complexity index is 711. The Morgan fingerprint density at radius 3 is 2.62 bits per heavy atom. The van der Waals surface area contributed by atoms with Crippen molar-refractivity contribution in [1.82, 2.24) is 4.98 Å². The molecule has 0 atom stereocenters. The summed E-state index contributed by atoms with van der Waals surface area (Å²) < 4.78 is 5.58. The van der Waals surface area contributed by atoms with Crippen LogP contribution in [-0.4, -0.2) is 15.7 Å². The van der Waals surface area contributed by atoms with Gasteiger partial charge in [0.05, 0.1) is 11.1 Å². The van der Waals surface area contributed by atoms with Crippen LogP contribution in [0.2, 0.25) is 0 Å². The van der Waals surface area contributed by atoms with E-state index in [2.05, 4.69) is 4.98 Å². The molecule has 0 saturated carbocycles. The molecule has 0 bridgehead atoms. The lowest BCUT2D eigenvalue weighted by molar-refractivity contribution is -0.385. The first-order chi connectivity index (χ1) is 9.88. The van der Waals surface area contributed by atoms with Gasteiger partial charge in [-0.3, -0.25) is 15.5 Å². The van der Waals surface area contributed by atoms with Gasteiger partial charge in [-0.05, 0) is 37.1 Å². The molecule has 0 aliphatic rings. The van der Waals surface area contributed by atoms with Gasteiger partial charge in [-0.25, -0.2) is 4.98 Å². The maximum Gasteiger partial charge on any atom is 0.312 e. The van der Waals surface area contributed by atoms with E-state index >= 15 is 0 Å². The van der Waals surface area contributed by atoms with Crippen LogP contribution in [0.4, 0.5) is 5.69 Å². The first kappa shape index (κ1) is 14.4. The van der Waals surface area contributed by atoms with Gasteiger partial charge in [0, 0.05) is 6.07 Å². The normalized spacial score (nSPS) is 10.2. The van der Waals surface area contributed by atoms with Crippen molar-refractivity contribution in [3.63, 3.8) is 0 Å². The van der Waals surface area contributed by atoms with Crippen molar-refractivity contribution in [2.24, 2.45) is 5.73 Å². The second-order valence-corrected chi connectivity index (χ2v) is 4.58. The predicted molar refractivity (Wildman–Crippen MR) is 77.9 cm³/mol. The van der Waals surface area contributed by atoms with Gasteiger partial charge in [-0.15, -0.1) is 0 Å². The van der Waals surface area contributed by atoms with Gasteiger partial charge in [-0.2, -0.15) is 0 Å². The van der Waals surface area contributed by atoms with E-state index in [1.54, 1.807) is 26.0 Å². The van der Waals surface area contributed by atoms with Crippen LogP contribution in [0, 0.1) is 29.4 Å². The van der Waals surface area contributed by atoms with Crippen molar-refractivity contribution >= 4 is 11.5 Å². The van der Waals surface area contributed by atoms with E-state index in [-0.39, 0.29) is 17.3 Å². The summed E-state index contributed by atoms with van der Waals surface area (Å²) in [5, 5.41) is 18.4. The number of rotatable bonds is 4. The van der Waals surface area contributed by atoms with Crippen LogP contribution in [-0.2, 0) is 0 Å². The number of hydrogen-bond acceptors (Lipinski definition) is 5. The summed E-state index contributed by atoms with van der Waals surface area (Å²) in [6.07, 6.45) is 1.37. The van der Waals surface area contributed by atoms with Crippen molar-refractivity contribution in [3.8, 4) is 11.5 Å². The van der Waals surface area contributed by atoms with E-state index < -0.39 is 4.92 Å². The second-order valence-electron chi connectivity index (χ2n) is 4.58. The van der Waals surface area contributed by atoms with E-state index in [0.717, 1.165) is 5.56 Å². The molecule has 3 N–H and O–H groups in total. The van der Waals surface area contributed by atoms with E-state index in [9.17, 15) is 10.1 Å². The molecule has 108 valence electrons. The molecule has 7 heteroatoms. The third kappa shape index (κ3) is 3.14. The maximum atomic E-state index is 11.1. The smallest absolute Gasteiger partial charge is 0.312 e. The number of benzene rings is 1. The highest BCUT2D eigenvalue weighted by molar-refractivity contribution is 5.92. The topological polar surface area (TPSA) is 115 Å². The quantitative estimate of drug-likeness (QED) is 0.388. The van der Waals surface area contributed by atoms with Crippen molar-refractivity contribution in [2.75, 3.05) is 0 Å². The lowest BCUT2D eigenvalue weighted by Gasteiger charge is -2.10. The van der Waals surface area contributed by atoms with Gasteiger partial charge in [0.25, 0.3) is 0 Å². The third-order valence-corrected chi connectivity index (χ3v) is 2.83. The van der Waals surface area contributed by atoms with Crippen molar-refractivity contribution < 1.29 is 9.66 Å². The molecule has 0 aliphatic carbocycles. The summed E-state index contributed by atoms with van der Waals surface area (Å²) in [6, 6.07) is 6.35. The van der Waals surface area contributed by atoms with E-state index in [0.29, 0.717) is 17.0 Å². The minimum absolute atomic E-state index is 0.0943. The molecular weight excluding hydrogens is 272 g/mol. The fraction of sp³-hybridized carbons (Fsp3) is 0.143. The number of aryl methyl sites for hydroxylation is 2. The number of nitrogens with two attached hydrogens (primary N) is 1. The fourth-order valence-corrected chi connectivity index (χ4v) is 1.92. The maximum absolute atomic E-state index is 11.1. The number of aromatic nitrogens is 1. The number of nitrogens with one attached hydrogen (secondary N) is 1. The molecule has 7 nitrogen and oxygen atoms in total. The average Bonchev–Trinajstić information content (AvgIpc) is 2.41. The predicted octanol–water partition coefficient (Wildman–Crippen LogP) is 2.68. The van der Waals surface area contributed by atoms with Crippen LogP contribution in [0.5, 0.6) is 11.5 Å². The summed E-state index contributed by atoms with van der Waals surface area (Å²) >= 11 is 0. The zero-order valence-corrected chi connectivity index (χ0v) is 11.6. The lowest BCUT2D eigenvalue weighted by Crippen LogP contribution is -2.12. The van der Waals surface area contributed by atoms with Crippen LogP contribution in [0.25, 0.3) is 0 Å². The minimum atomic E-state index is -0.479. The fourth-order valence-electron chi connectivity index (χ4n) is 1.92.